The molecule has 1 atom stereocenters. The molecule has 168 valence electrons. The summed E-state index contributed by atoms with van der Waals surface area (Å²) in [5, 5.41) is 15.8. The van der Waals surface area contributed by atoms with Crippen LogP contribution in [-0.2, 0) is 16.8 Å². The Balaban J connectivity index is 1.56. The molecule has 0 saturated carbocycles. The minimum atomic E-state index is -0.825. The monoisotopic (exact) mass is 418 g/mol. The first kappa shape index (κ1) is 22.9. The second-order valence-electron chi connectivity index (χ2n) is 10.3. The summed E-state index contributed by atoms with van der Waals surface area (Å²) < 4.78 is 1.63. The number of aromatic nitrogens is 2. The largest absolute Gasteiger partial charge is 0.387 e. The van der Waals surface area contributed by atoms with E-state index in [9.17, 15) is 14.7 Å². The van der Waals surface area contributed by atoms with Gasteiger partial charge in [-0.25, -0.2) is 4.68 Å². The minimum absolute atomic E-state index is 0.0393. The molecule has 30 heavy (non-hydrogen) atoms. The molecule has 2 aliphatic heterocycles. The van der Waals surface area contributed by atoms with Crippen molar-refractivity contribution in [1.82, 2.24) is 19.6 Å². The highest BCUT2D eigenvalue weighted by atomic mass is 16.3. The molecule has 1 unspecified atom stereocenters. The molecule has 2 saturated heterocycles. The van der Waals surface area contributed by atoms with Crippen molar-refractivity contribution in [3.05, 3.63) is 28.2 Å². The molecule has 1 aromatic heterocycles. The molecule has 1 N–H and O–H groups in total. The molecule has 3 rings (SSSR count). The lowest BCUT2D eigenvalue weighted by atomic mass is 9.92. The molecule has 0 bridgehead atoms. The minimum Gasteiger partial charge on any atom is -0.387 e. The zero-order valence-corrected chi connectivity index (χ0v) is 19.1. The standard InChI is InChI=1S/C23H38N4O3/c1-18(28)26-12-6-5-11-23(30,17-26)16-25-13-9-19(10-14-25)15-27-21(29)8-7-20(24-27)22(2,3)4/h7-8,19,30H,5-6,9-17H2,1-4H3. The first-order valence-electron chi connectivity index (χ1n) is 11.3. The van der Waals surface area contributed by atoms with Crippen molar-refractivity contribution in [2.45, 2.75) is 77.4 Å². The Morgan fingerprint density at radius 2 is 1.90 bits per heavy atom. The predicted molar refractivity (Wildman–Crippen MR) is 117 cm³/mol. The van der Waals surface area contributed by atoms with E-state index in [2.05, 4.69) is 30.8 Å². The first-order valence-corrected chi connectivity index (χ1v) is 11.3. The summed E-state index contributed by atoms with van der Waals surface area (Å²) >= 11 is 0. The van der Waals surface area contributed by atoms with Crippen LogP contribution in [0.5, 0.6) is 0 Å². The Bertz CT molecular complexity index is 792. The van der Waals surface area contributed by atoms with Gasteiger partial charge < -0.3 is 14.9 Å². The molecule has 3 heterocycles. The Kier molecular flexibility index (Phi) is 7.02. The van der Waals surface area contributed by atoms with Gasteiger partial charge in [-0.15, -0.1) is 0 Å². The van der Waals surface area contributed by atoms with Crippen LogP contribution in [0.2, 0.25) is 0 Å². The van der Waals surface area contributed by atoms with Crippen molar-refractivity contribution in [3.8, 4) is 0 Å². The van der Waals surface area contributed by atoms with E-state index in [4.69, 9.17) is 0 Å². The first-order chi connectivity index (χ1) is 14.1. The van der Waals surface area contributed by atoms with Crippen LogP contribution < -0.4 is 5.56 Å². The lowest BCUT2D eigenvalue weighted by Crippen LogP contribution is -2.52. The molecule has 0 aromatic carbocycles. The highest BCUT2D eigenvalue weighted by Crippen LogP contribution is 2.26. The van der Waals surface area contributed by atoms with Crippen LogP contribution in [0, 0.1) is 5.92 Å². The highest BCUT2D eigenvalue weighted by molar-refractivity contribution is 5.73. The summed E-state index contributed by atoms with van der Waals surface area (Å²) in [5.74, 6) is 0.462. The maximum Gasteiger partial charge on any atom is 0.266 e. The zero-order chi connectivity index (χ0) is 21.9. The number of aliphatic hydroxyl groups is 1. The molecule has 0 aliphatic carbocycles. The molecule has 2 aliphatic rings. The van der Waals surface area contributed by atoms with Gasteiger partial charge in [0, 0.05) is 38.0 Å². The summed E-state index contributed by atoms with van der Waals surface area (Å²) in [4.78, 5) is 28.2. The van der Waals surface area contributed by atoms with Crippen molar-refractivity contribution in [2.24, 2.45) is 5.92 Å². The molecule has 2 fully saturated rings. The van der Waals surface area contributed by atoms with E-state index in [1.54, 1.807) is 22.6 Å². The molecule has 7 nitrogen and oxygen atoms in total. The number of hydrogen-bond acceptors (Lipinski definition) is 5. The summed E-state index contributed by atoms with van der Waals surface area (Å²) in [6.07, 6.45) is 4.63. The van der Waals surface area contributed by atoms with Crippen LogP contribution in [0.1, 0.15) is 65.5 Å². The van der Waals surface area contributed by atoms with Crippen LogP contribution in [0.15, 0.2) is 16.9 Å². The molecular formula is C23H38N4O3. The second-order valence-corrected chi connectivity index (χ2v) is 10.3. The lowest BCUT2D eigenvalue weighted by molar-refractivity contribution is -0.132. The Labute approximate surface area is 180 Å². The number of amides is 1. The SMILES string of the molecule is CC(=O)N1CCCCC(O)(CN2CCC(Cn3nc(C(C)(C)C)ccc3=O)CC2)C1. The van der Waals surface area contributed by atoms with Gasteiger partial charge in [-0.1, -0.05) is 20.8 Å². The second kappa shape index (κ2) is 9.18. The number of nitrogens with zero attached hydrogens (tertiary/aromatic N) is 4. The Morgan fingerprint density at radius 1 is 1.20 bits per heavy atom. The number of rotatable bonds is 4. The van der Waals surface area contributed by atoms with Crippen LogP contribution >= 0.6 is 0 Å². The van der Waals surface area contributed by atoms with E-state index >= 15 is 0 Å². The van der Waals surface area contributed by atoms with E-state index in [-0.39, 0.29) is 16.9 Å². The molecule has 1 aromatic rings. The smallest absolute Gasteiger partial charge is 0.266 e. The van der Waals surface area contributed by atoms with Crippen LogP contribution in [0.25, 0.3) is 0 Å². The van der Waals surface area contributed by atoms with Crippen molar-refractivity contribution >= 4 is 5.91 Å². The van der Waals surface area contributed by atoms with Crippen molar-refractivity contribution in [3.63, 3.8) is 0 Å². The van der Waals surface area contributed by atoms with Gasteiger partial charge in [-0.05, 0) is 57.2 Å². The molecule has 1 amide bonds. The van der Waals surface area contributed by atoms with Crippen molar-refractivity contribution < 1.29 is 9.90 Å². The molecular weight excluding hydrogens is 380 g/mol. The van der Waals surface area contributed by atoms with Gasteiger partial charge in [0.25, 0.3) is 5.56 Å². The topological polar surface area (TPSA) is 78.7 Å². The average Bonchev–Trinajstić information content (AvgIpc) is 2.86. The van der Waals surface area contributed by atoms with Gasteiger partial charge in [0.05, 0.1) is 17.8 Å². The van der Waals surface area contributed by atoms with Crippen LogP contribution in [-0.4, -0.2) is 68.9 Å². The Hall–Kier alpha value is -1.73. The Morgan fingerprint density at radius 3 is 2.53 bits per heavy atom. The number of carbonyl (C=O) groups is 1. The predicted octanol–water partition coefficient (Wildman–Crippen LogP) is 2.02. The van der Waals surface area contributed by atoms with E-state index in [0.717, 1.165) is 57.4 Å². The molecule has 7 heteroatoms. The maximum absolute atomic E-state index is 12.3. The van der Waals surface area contributed by atoms with Crippen LogP contribution in [0.3, 0.4) is 0 Å². The van der Waals surface area contributed by atoms with E-state index in [1.165, 1.54) is 0 Å². The zero-order valence-electron chi connectivity index (χ0n) is 19.1. The number of β-amino-alcohol motifs (C(OH)–C–C–N with tert-alkyl or cyclic N) is 1. The number of piperidine rings is 1. The fourth-order valence-electron chi connectivity index (χ4n) is 4.64. The summed E-state index contributed by atoms with van der Waals surface area (Å²) in [7, 11) is 0. The lowest BCUT2D eigenvalue weighted by Gasteiger charge is -2.39. The van der Waals surface area contributed by atoms with Gasteiger partial charge in [-0.3, -0.25) is 9.59 Å². The number of carbonyl (C=O) groups excluding carboxylic acids is 1. The van der Waals surface area contributed by atoms with Gasteiger partial charge in [0.2, 0.25) is 5.91 Å². The summed E-state index contributed by atoms with van der Waals surface area (Å²) in [6.45, 7) is 12.1. The summed E-state index contributed by atoms with van der Waals surface area (Å²) in [6, 6.07) is 3.46. The van der Waals surface area contributed by atoms with E-state index in [0.29, 0.717) is 25.6 Å². The van der Waals surface area contributed by atoms with Crippen molar-refractivity contribution in [2.75, 3.05) is 32.7 Å². The van der Waals surface area contributed by atoms with Crippen molar-refractivity contribution in [1.29, 1.82) is 0 Å². The van der Waals surface area contributed by atoms with Gasteiger partial charge in [0.15, 0.2) is 0 Å². The normalized spacial score (nSPS) is 24.6. The van der Waals surface area contributed by atoms with E-state index in [1.807, 2.05) is 6.07 Å². The third-order valence-electron chi connectivity index (χ3n) is 6.54. The molecule has 0 radical (unpaired) electrons. The fourth-order valence-corrected chi connectivity index (χ4v) is 4.64. The number of likely N-dealkylation sites (tertiary alicyclic amines) is 2. The quantitative estimate of drug-likeness (QED) is 0.809. The van der Waals surface area contributed by atoms with Gasteiger partial charge >= 0.3 is 0 Å². The van der Waals surface area contributed by atoms with Gasteiger partial charge in [0.1, 0.15) is 0 Å². The third kappa shape index (κ3) is 5.91. The number of hydrogen-bond donors (Lipinski definition) is 1. The van der Waals surface area contributed by atoms with E-state index < -0.39 is 5.60 Å². The average molecular weight is 419 g/mol. The van der Waals surface area contributed by atoms with Gasteiger partial charge in [-0.2, -0.15) is 5.10 Å². The highest BCUT2D eigenvalue weighted by Gasteiger charge is 2.35. The van der Waals surface area contributed by atoms with Crippen LogP contribution in [0.4, 0.5) is 0 Å². The molecule has 0 spiro atoms. The third-order valence-corrected chi connectivity index (χ3v) is 6.54. The summed E-state index contributed by atoms with van der Waals surface area (Å²) in [5.41, 5.74) is -0.0115. The maximum atomic E-state index is 12.3. The fraction of sp³-hybridized carbons (Fsp3) is 0.783.